The first kappa shape index (κ1) is 18.2. The van der Waals surface area contributed by atoms with Gasteiger partial charge in [0.1, 0.15) is 0 Å². The number of hydrogen-bond donors (Lipinski definition) is 1. The molecule has 0 spiro atoms. The SMILES string of the molecule is Cc1nn(-c2ccccc2)c2c1-c1sc(C(=O)Nc3cccc(Cl)c3)cc1CC2. The van der Waals surface area contributed by atoms with E-state index in [1.54, 1.807) is 12.1 Å². The van der Waals surface area contributed by atoms with Crippen LogP contribution in [0.3, 0.4) is 0 Å². The number of halogens is 1. The van der Waals surface area contributed by atoms with Gasteiger partial charge in [0, 0.05) is 21.2 Å². The first-order valence-electron chi connectivity index (χ1n) is 9.44. The molecule has 0 fully saturated rings. The minimum absolute atomic E-state index is 0.110. The van der Waals surface area contributed by atoms with Crippen LogP contribution in [-0.2, 0) is 12.8 Å². The molecular weight excluding hydrogens is 402 g/mol. The second-order valence-corrected chi connectivity index (χ2v) is 8.57. The Hall–Kier alpha value is -2.89. The number of nitrogens with one attached hydrogen (secondary N) is 1. The molecule has 0 saturated heterocycles. The number of fused-ring (bicyclic) bond motifs is 3. The van der Waals surface area contributed by atoms with E-state index in [4.69, 9.17) is 16.7 Å². The summed E-state index contributed by atoms with van der Waals surface area (Å²) < 4.78 is 2.04. The summed E-state index contributed by atoms with van der Waals surface area (Å²) in [6.07, 6.45) is 1.81. The van der Waals surface area contributed by atoms with E-state index in [-0.39, 0.29) is 5.91 Å². The molecule has 1 aliphatic carbocycles. The molecule has 0 bridgehead atoms. The molecule has 1 N–H and O–H groups in total. The Bertz CT molecular complexity index is 1230. The first-order valence-corrected chi connectivity index (χ1v) is 10.6. The molecule has 0 aliphatic heterocycles. The molecule has 2 aromatic carbocycles. The predicted molar refractivity (Wildman–Crippen MR) is 118 cm³/mol. The van der Waals surface area contributed by atoms with Crippen molar-refractivity contribution in [2.24, 2.45) is 0 Å². The molecule has 0 unspecified atom stereocenters. The molecule has 5 rings (SSSR count). The first-order chi connectivity index (χ1) is 14.1. The van der Waals surface area contributed by atoms with Crippen LogP contribution >= 0.6 is 22.9 Å². The lowest BCUT2D eigenvalue weighted by atomic mass is 9.95. The van der Waals surface area contributed by atoms with Crippen LogP contribution in [0.15, 0.2) is 60.7 Å². The molecule has 0 radical (unpaired) electrons. The van der Waals surface area contributed by atoms with Gasteiger partial charge in [-0.15, -0.1) is 11.3 Å². The topological polar surface area (TPSA) is 46.9 Å². The van der Waals surface area contributed by atoms with Crippen molar-refractivity contribution in [3.8, 4) is 16.1 Å². The van der Waals surface area contributed by atoms with Crippen molar-refractivity contribution in [3.63, 3.8) is 0 Å². The van der Waals surface area contributed by atoms with Gasteiger partial charge >= 0.3 is 0 Å². The van der Waals surface area contributed by atoms with Crippen LogP contribution in [0.25, 0.3) is 16.1 Å². The van der Waals surface area contributed by atoms with Crippen molar-refractivity contribution in [2.75, 3.05) is 5.32 Å². The summed E-state index contributed by atoms with van der Waals surface area (Å²) in [7, 11) is 0. The lowest BCUT2D eigenvalue weighted by molar-refractivity contribution is 0.103. The Balaban J connectivity index is 1.51. The molecular formula is C23H18ClN3OS. The van der Waals surface area contributed by atoms with Crippen molar-refractivity contribution in [1.29, 1.82) is 0 Å². The molecule has 29 heavy (non-hydrogen) atoms. The lowest BCUT2D eigenvalue weighted by Gasteiger charge is -2.14. The summed E-state index contributed by atoms with van der Waals surface area (Å²) in [5.41, 5.74) is 6.35. The minimum atomic E-state index is -0.110. The number of anilines is 1. The number of amides is 1. The standard InChI is InChI=1S/C23H18ClN3OS/c1-14-21-19(27(26-14)18-8-3-2-4-9-18)11-10-15-12-20(29-22(15)21)23(28)25-17-7-5-6-16(24)13-17/h2-9,12-13H,10-11H2,1H3,(H,25,28). The molecule has 1 aliphatic rings. The number of carbonyl (C=O) groups is 1. The van der Waals surface area contributed by atoms with Crippen LogP contribution in [0.4, 0.5) is 5.69 Å². The summed E-state index contributed by atoms with van der Waals surface area (Å²) in [6.45, 7) is 2.04. The highest BCUT2D eigenvalue weighted by Crippen LogP contribution is 2.42. The predicted octanol–water partition coefficient (Wildman–Crippen LogP) is 5.91. The molecule has 0 atom stereocenters. The zero-order valence-corrected chi connectivity index (χ0v) is 17.3. The molecule has 6 heteroatoms. The highest BCUT2D eigenvalue weighted by Gasteiger charge is 2.27. The Morgan fingerprint density at radius 1 is 1.10 bits per heavy atom. The van der Waals surface area contributed by atoms with E-state index in [1.165, 1.54) is 28.2 Å². The molecule has 4 nitrogen and oxygen atoms in total. The summed E-state index contributed by atoms with van der Waals surface area (Å²) in [4.78, 5) is 14.7. The largest absolute Gasteiger partial charge is 0.321 e. The molecule has 144 valence electrons. The fourth-order valence-electron chi connectivity index (χ4n) is 3.83. The Morgan fingerprint density at radius 3 is 2.72 bits per heavy atom. The Kier molecular flexibility index (Phi) is 4.49. The average Bonchev–Trinajstić information content (AvgIpc) is 3.30. The number of rotatable bonds is 3. The third kappa shape index (κ3) is 3.26. The second kappa shape index (κ2) is 7.17. The number of nitrogens with zero attached hydrogens (tertiary/aromatic N) is 2. The zero-order valence-electron chi connectivity index (χ0n) is 15.8. The summed E-state index contributed by atoms with van der Waals surface area (Å²) in [5.74, 6) is -0.110. The van der Waals surface area contributed by atoms with Gasteiger partial charge in [0.15, 0.2) is 0 Å². The maximum Gasteiger partial charge on any atom is 0.265 e. The van der Waals surface area contributed by atoms with Crippen molar-refractivity contribution >= 4 is 34.5 Å². The van der Waals surface area contributed by atoms with Gasteiger partial charge in [0.2, 0.25) is 0 Å². The number of aryl methyl sites for hydroxylation is 2. The molecule has 0 saturated carbocycles. The van der Waals surface area contributed by atoms with Gasteiger partial charge in [-0.1, -0.05) is 35.9 Å². The number of hydrogen-bond acceptors (Lipinski definition) is 3. The maximum atomic E-state index is 12.8. The third-order valence-corrected chi connectivity index (χ3v) is 6.56. The van der Waals surface area contributed by atoms with Crippen LogP contribution < -0.4 is 5.32 Å². The highest BCUT2D eigenvalue weighted by atomic mass is 35.5. The summed E-state index contributed by atoms with van der Waals surface area (Å²) in [5, 5.41) is 8.34. The van der Waals surface area contributed by atoms with E-state index in [0.717, 1.165) is 29.1 Å². The van der Waals surface area contributed by atoms with Crippen LogP contribution in [0.1, 0.15) is 26.6 Å². The summed E-state index contributed by atoms with van der Waals surface area (Å²) in [6, 6.07) is 19.4. The van der Waals surface area contributed by atoms with Gasteiger partial charge in [-0.2, -0.15) is 5.10 Å². The fourth-order valence-corrected chi connectivity index (χ4v) is 5.25. The Labute approximate surface area is 177 Å². The zero-order chi connectivity index (χ0) is 20.0. The summed E-state index contributed by atoms with van der Waals surface area (Å²) >= 11 is 7.56. The third-order valence-electron chi connectivity index (χ3n) is 5.13. The second-order valence-electron chi connectivity index (χ2n) is 7.08. The van der Waals surface area contributed by atoms with E-state index in [1.807, 2.05) is 48.0 Å². The number of thiophene rings is 1. The molecule has 2 heterocycles. The van der Waals surface area contributed by atoms with Gasteiger partial charge in [0.25, 0.3) is 5.91 Å². The lowest BCUT2D eigenvalue weighted by Crippen LogP contribution is -2.10. The normalized spacial score (nSPS) is 12.3. The number of para-hydroxylation sites is 1. The van der Waals surface area contributed by atoms with Crippen LogP contribution in [0, 0.1) is 6.92 Å². The van der Waals surface area contributed by atoms with Gasteiger partial charge in [-0.3, -0.25) is 4.79 Å². The maximum absolute atomic E-state index is 12.8. The van der Waals surface area contributed by atoms with E-state index in [9.17, 15) is 4.79 Å². The van der Waals surface area contributed by atoms with Crippen molar-refractivity contribution < 1.29 is 4.79 Å². The monoisotopic (exact) mass is 419 g/mol. The molecule has 4 aromatic rings. The molecule has 1 amide bonds. The van der Waals surface area contributed by atoms with Crippen molar-refractivity contribution in [3.05, 3.63) is 87.5 Å². The smallest absolute Gasteiger partial charge is 0.265 e. The number of carbonyl (C=O) groups excluding carboxylic acids is 1. The van der Waals surface area contributed by atoms with Crippen molar-refractivity contribution in [1.82, 2.24) is 9.78 Å². The van der Waals surface area contributed by atoms with Crippen molar-refractivity contribution in [2.45, 2.75) is 19.8 Å². The minimum Gasteiger partial charge on any atom is -0.321 e. The van der Waals surface area contributed by atoms with E-state index in [2.05, 4.69) is 17.4 Å². The number of benzene rings is 2. The van der Waals surface area contributed by atoms with E-state index >= 15 is 0 Å². The highest BCUT2D eigenvalue weighted by molar-refractivity contribution is 7.17. The van der Waals surface area contributed by atoms with Crippen LogP contribution in [-0.4, -0.2) is 15.7 Å². The van der Waals surface area contributed by atoms with Crippen LogP contribution in [0.2, 0.25) is 5.02 Å². The van der Waals surface area contributed by atoms with Gasteiger partial charge in [0.05, 0.1) is 22.0 Å². The van der Waals surface area contributed by atoms with Crippen LogP contribution in [0.5, 0.6) is 0 Å². The fraction of sp³-hybridized carbons (Fsp3) is 0.130. The van der Waals surface area contributed by atoms with Gasteiger partial charge in [-0.05, 0) is 61.7 Å². The van der Waals surface area contributed by atoms with Gasteiger partial charge in [-0.25, -0.2) is 4.68 Å². The van der Waals surface area contributed by atoms with E-state index in [0.29, 0.717) is 15.6 Å². The molecule has 2 aromatic heterocycles. The Morgan fingerprint density at radius 2 is 1.93 bits per heavy atom. The average molecular weight is 420 g/mol. The quantitative estimate of drug-likeness (QED) is 0.448. The van der Waals surface area contributed by atoms with Gasteiger partial charge < -0.3 is 5.32 Å². The number of aromatic nitrogens is 2. The van der Waals surface area contributed by atoms with E-state index < -0.39 is 0 Å².